The standard InChI is InChI=1S/C14H23ClN6/c1-10-6-5-7-11(2)21(10)19-13-16-12(15)17-14(18-13)20-8-3-4-9-20/h10-11H,3-9H2,1-2H3,(H,16,17,18,19). The van der Waals surface area contributed by atoms with Crippen LogP contribution in [0.4, 0.5) is 11.9 Å². The molecule has 116 valence electrons. The Morgan fingerprint density at radius 2 is 1.67 bits per heavy atom. The highest BCUT2D eigenvalue weighted by Crippen LogP contribution is 2.24. The van der Waals surface area contributed by atoms with Crippen LogP contribution in [0, 0.1) is 0 Å². The number of hydrogen-bond acceptors (Lipinski definition) is 6. The van der Waals surface area contributed by atoms with Gasteiger partial charge in [-0.2, -0.15) is 15.0 Å². The zero-order valence-electron chi connectivity index (χ0n) is 12.7. The van der Waals surface area contributed by atoms with E-state index in [1.165, 1.54) is 32.1 Å². The largest absolute Gasteiger partial charge is 0.341 e. The van der Waals surface area contributed by atoms with E-state index in [9.17, 15) is 0 Å². The van der Waals surface area contributed by atoms with Crippen molar-refractivity contribution in [2.75, 3.05) is 23.4 Å². The highest BCUT2D eigenvalue weighted by molar-refractivity contribution is 6.28. The van der Waals surface area contributed by atoms with Gasteiger partial charge in [0.1, 0.15) is 0 Å². The lowest BCUT2D eigenvalue weighted by Crippen LogP contribution is -2.47. The normalized spacial score (nSPS) is 27.1. The van der Waals surface area contributed by atoms with Crippen LogP contribution in [0.1, 0.15) is 46.0 Å². The van der Waals surface area contributed by atoms with Gasteiger partial charge in [0.25, 0.3) is 0 Å². The van der Waals surface area contributed by atoms with E-state index in [4.69, 9.17) is 11.6 Å². The predicted molar refractivity (Wildman–Crippen MR) is 84.5 cm³/mol. The second-order valence-corrected chi connectivity index (χ2v) is 6.41. The Bertz CT molecular complexity index is 480. The molecule has 1 aromatic rings. The quantitative estimate of drug-likeness (QED) is 0.926. The molecule has 7 heteroatoms. The molecule has 3 rings (SSSR count). The van der Waals surface area contributed by atoms with Gasteiger partial charge in [0.15, 0.2) is 0 Å². The molecule has 2 aliphatic rings. The zero-order valence-corrected chi connectivity index (χ0v) is 13.5. The number of nitrogens with zero attached hydrogens (tertiary/aromatic N) is 5. The van der Waals surface area contributed by atoms with Crippen LogP contribution < -0.4 is 10.3 Å². The molecule has 2 fully saturated rings. The lowest BCUT2D eigenvalue weighted by Gasteiger charge is -2.38. The predicted octanol–water partition coefficient (Wildman–Crippen LogP) is 2.72. The van der Waals surface area contributed by atoms with Crippen molar-refractivity contribution in [3.63, 3.8) is 0 Å². The summed E-state index contributed by atoms with van der Waals surface area (Å²) in [7, 11) is 0. The molecule has 0 radical (unpaired) electrons. The Morgan fingerprint density at radius 1 is 1.00 bits per heavy atom. The number of nitrogens with one attached hydrogen (secondary N) is 1. The molecule has 3 heterocycles. The summed E-state index contributed by atoms with van der Waals surface area (Å²) < 4.78 is 0. The molecular weight excluding hydrogens is 288 g/mol. The summed E-state index contributed by atoms with van der Waals surface area (Å²) in [5.74, 6) is 1.24. The van der Waals surface area contributed by atoms with Crippen molar-refractivity contribution in [3.8, 4) is 0 Å². The Balaban J connectivity index is 1.78. The molecule has 1 aromatic heterocycles. The molecule has 2 atom stereocenters. The van der Waals surface area contributed by atoms with Crippen LogP contribution >= 0.6 is 11.6 Å². The summed E-state index contributed by atoms with van der Waals surface area (Å²) in [6, 6.07) is 0.944. The summed E-state index contributed by atoms with van der Waals surface area (Å²) in [5, 5.41) is 2.50. The third kappa shape index (κ3) is 3.37. The molecular formula is C14H23ClN6. The molecule has 0 saturated carbocycles. The molecule has 0 aromatic carbocycles. The Labute approximate surface area is 130 Å². The SMILES string of the molecule is CC1CCCC(C)N1Nc1nc(Cl)nc(N2CCCC2)n1. The zero-order chi connectivity index (χ0) is 14.8. The van der Waals surface area contributed by atoms with Gasteiger partial charge >= 0.3 is 0 Å². The molecule has 0 spiro atoms. The van der Waals surface area contributed by atoms with E-state index in [1.807, 2.05) is 0 Å². The highest BCUT2D eigenvalue weighted by Gasteiger charge is 2.26. The van der Waals surface area contributed by atoms with E-state index in [-0.39, 0.29) is 5.28 Å². The van der Waals surface area contributed by atoms with Gasteiger partial charge in [0.2, 0.25) is 17.2 Å². The van der Waals surface area contributed by atoms with Crippen molar-refractivity contribution in [1.29, 1.82) is 0 Å². The second-order valence-electron chi connectivity index (χ2n) is 6.07. The van der Waals surface area contributed by atoms with E-state index in [0.717, 1.165) is 13.1 Å². The van der Waals surface area contributed by atoms with E-state index < -0.39 is 0 Å². The highest BCUT2D eigenvalue weighted by atomic mass is 35.5. The Hall–Kier alpha value is -1.14. The molecule has 2 saturated heterocycles. The topological polar surface area (TPSA) is 57.2 Å². The number of anilines is 2. The van der Waals surface area contributed by atoms with Crippen molar-refractivity contribution in [3.05, 3.63) is 5.28 Å². The lowest BCUT2D eigenvalue weighted by molar-refractivity contribution is 0.134. The maximum absolute atomic E-state index is 6.07. The minimum atomic E-state index is 0.256. The van der Waals surface area contributed by atoms with Crippen LogP contribution in [0.5, 0.6) is 0 Å². The minimum absolute atomic E-state index is 0.256. The first-order valence-corrected chi connectivity index (χ1v) is 8.23. The van der Waals surface area contributed by atoms with Gasteiger partial charge in [-0.3, -0.25) is 5.43 Å². The summed E-state index contributed by atoms with van der Waals surface area (Å²) in [4.78, 5) is 15.2. The Morgan fingerprint density at radius 3 is 2.33 bits per heavy atom. The van der Waals surface area contributed by atoms with Crippen LogP contribution in [0.3, 0.4) is 0 Å². The summed E-state index contributed by atoms with van der Waals surface area (Å²) in [5.41, 5.74) is 3.35. The van der Waals surface area contributed by atoms with Gasteiger partial charge in [0.05, 0.1) is 0 Å². The first-order chi connectivity index (χ1) is 10.1. The summed E-state index contributed by atoms with van der Waals surface area (Å²) in [6.07, 6.45) is 6.03. The fourth-order valence-corrected chi connectivity index (χ4v) is 3.36. The van der Waals surface area contributed by atoms with Gasteiger partial charge in [-0.25, -0.2) is 5.01 Å². The molecule has 0 amide bonds. The number of aromatic nitrogens is 3. The minimum Gasteiger partial charge on any atom is -0.341 e. The molecule has 6 nitrogen and oxygen atoms in total. The average molecular weight is 311 g/mol. The van der Waals surface area contributed by atoms with Gasteiger partial charge < -0.3 is 4.90 Å². The van der Waals surface area contributed by atoms with E-state index in [2.05, 4.69) is 44.1 Å². The number of hydrogen-bond donors (Lipinski definition) is 1. The van der Waals surface area contributed by atoms with Crippen molar-refractivity contribution in [1.82, 2.24) is 20.0 Å². The first kappa shape index (κ1) is 14.8. The van der Waals surface area contributed by atoms with Crippen molar-refractivity contribution < 1.29 is 0 Å². The van der Waals surface area contributed by atoms with Crippen molar-refractivity contribution >= 4 is 23.5 Å². The van der Waals surface area contributed by atoms with Crippen LogP contribution in [0.25, 0.3) is 0 Å². The smallest absolute Gasteiger partial charge is 0.243 e. The van der Waals surface area contributed by atoms with Crippen LogP contribution in [0.2, 0.25) is 5.28 Å². The van der Waals surface area contributed by atoms with Crippen LogP contribution in [-0.4, -0.2) is 45.1 Å². The van der Waals surface area contributed by atoms with Crippen LogP contribution in [-0.2, 0) is 0 Å². The third-order valence-corrected chi connectivity index (χ3v) is 4.58. The lowest BCUT2D eigenvalue weighted by atomic mass is 10.00. The fraction of sp³-hybridized carbons (Fsp3) is 0.786. The Kier molecular flexibility index (Phi) is 4.45. The molecule has 2 aliphatic heterocycles. The fourth-order valence-electron chi connectivity index (χ4n) is 3.21. The van der Waals surface area contributed by atoms with Gasteiger partial charge in [0, 0.05) is 25.2 Å². The molecule has 2 unspecified atom stereocenters. The monoisotopic (exact) mass is 310 g/mol. The molecule has 0 aliphatic carbocycles. The number of hydrazine groups is 1. The van der Waals surface area contributed by atoms with Gasteiger partial charge in [-0.15, -0.1) is 0 Å². The van der Waals surface area contributed by atoms with Crippen molar-refractivity contribution in [2.45, 2.75) is 58.0 Å². The van der Waals surface area contributed by atoms with Gasteiger partial charge in [-0.05, 0) is 51.1 Å². The molecule has 0 bridgehead atoms. The van der Waals surface area contributed by atoms with E-state index in [0.29, 0.717) is 24.0 Å². The summed E-state index contributed by atoms with van der Waals surface area (Å²) in [6.45, 7) is 6.45. The van der Waals surface area contributed by atoms with Crippen LogP contribution in [0.15, 0.2) is 0 Å². The molecule has 1 N–H and O–H groups in total. The second kappa shape index (κ2) is 6.32. The van der Waals surface area contributed by atoms with Gasteiger partial charge in [-0.1, -0.05) is 6.42 Å². The van der Waals surface area contributed by atoms with E-state index >= 15 is 0 Å². The maximum atomic E-state index is 6.07. The average Bonchev–Trinajstić information content (AvgIpc) is 2.97. The number of halogens is 1. The maximum Gasteiger partial charge on any atom is 0.243 e. The van der Waals surface area contributed by atoms with E-state index in [1.54, 1.807) is 0 Å². The molecule has 21 heavy (non-hydrogen) atoms. The summed E-state index contributed by atoms with van der Waals surface area (Å²) >= 11 is 6.07. The number of rotatable bonds is 3. The first-order valence-electron chi connectivity index (χ1n) is 7.85. The number of piperidine rings is 1. The van der Waals surface area contributed by atoms with Crippen molar-refractivity contribution in [2.24, 2.45) is 0 Å². The third-order valence-electron chi connectivity index (χ3n) is 4.41.